The third kappa shape index (κ3) is 8.90. The van der Waals surface area contributed by atoms with E-state index in [1.807, 2.05) is 45.9 Å². The number of anilines is 2. The van der Waals surface area contributed by atoms with E-state index in [4.69, 9.17) is 23.2 Å². The lowest BCUT2D eigenvalue weighted by Gasteiger charge is -2.37. The average Bonchev–Trinajstić information content (AvgIpc) is 3.58. The molecule has 9 nitrogen and oxygen atoms in total. The maximum atomic E-state index is 11.6. The molecule has 4 heterocycles. The number of hydrogen-bond donors (Lipinski definition) is 2. The molecule has 4 aromatic rings. The van der Waals surface area contributed by atoms with Crippen molar-refractivity contribution in [1.82, 2.24) is 0 Å². The van der Waals surface area contributed by atoms with Crippen LogP contribution < -0.4 is 14.4 Å². The van der Waals surface area contributed by atoms with Gasteiger partial charge in [-0.1, -0.05) is 58.5 Å². The van der Waals surface area contributed by atoms with Crippen molar-refractivity contribution >= 4 is 100 Å². The monoisotopic (exact) mass is 818 g/mol. The molecule has 3 aromatic carbocycles. The summed E-state index contributed by atoms with van der Waals surface area (Å²) in [6.07, 6.45) is 13.1. The largest absolute Gasteiger partial charge is 0.371 e. The highest BCUT2D eigenvalue weighted by atomic mass is 35.5. The average molecular weight is 820 g/mol. The number of aromatic nitrogens is 1. The van der Waals surface area contributed by atoms with E-state index in [1.54, 1.807) is 23.1 Å². The molecule has 2 N–H and O–H groups in total. The van der Waals surface area contributed by atoms with Crippen molar-refractivity contribution < 1.29 is 30.5 Å². The molecule has 0 spiro atoms. The number of aryl methyl sites for hydroxylation is 3. The second-order valence-corrected chi connectivity index (χ2v) is 19.3. The van der Waals surface area contributed by atoms with Crippen LogP contribution in [0.4, 0.5) is 11.4 Å². The van der Waals surface area contributed by atoms with Crippen LogP contribution in [0.3, 0.4) is 0 Å². The lowest BCUT2D eigenvalue weighted by molar-refractivity contribution is -0.668. The minimum atomic E-state index is -4.14. The van der Waals surface area contributed by atoms with Crippen LogP contribution in [-0.2, 0) is 39.6 Å². The van der Waals surface area contributed by atoms with Crippen molar-refractivity contribution in [3.05, 3.63) is 103 Å². The highest BCUT2D eigenvalue weighted by Crippen LogP contribution is 2.47. The van der Waals surface area contributed by atoms with Gasteiger partial charge in [-0.05, 0) is 103 Å². The Morgan fingerprint density at radius 1 is 0.885 bits per heavy atom. The first-order valence-corrected chi connectivity index (χ1v) is 22.7. The molecule has 0 atom stereocenters. The van der Waals surface area contributed by atoms with E-state index < -0.39 is 20.2 Å². The molecule has 0 radical (unpaired) electrons. The van der Waals surface area contributed by atoms with Gasteiger partial charge in [0.2, 0.25) is 5.52 Å². The summed E-state index contributed by atoms with van der Waals surface area (Å²) in [5.74, 6) is -0.738. The Hall–Kier alpha value is -2.88. The van der Waals surface area contributed by atoms with Crippen LogP contribution in [0, 0.1) is 0 Å². The summed E-state index contributed by atoms with van der Waals surface area (Å²) in [7, 11) is -8.28. The standard InChI is InChI=1S/C37H37Cl2N3O6S4/c38-29-9-11-33-31(23-29)41(15-3-17-51(43,44)45)35(49-33)21-26(8-7-25-19-27-5-1-13-40-14-2-6-28(20-25)37(27)40)22-36-42(16-4-18-52(46,47)48)32-24-30(39)10-12-34(32)50-36/h7-12,19-24H,1-6,13-18H2,(H-,43,44,45,46,47,48)/p+1. The fourth-order valence-corrected chi connectivity index (χ4v) is 10.8. The molecule has 0 aliphatic carbocycles. The van der Waals surface area contributed by atoms with Crippen LogP contribution in [0.25, 0.3) is 22.4 Å². The van der Waals surface area contributed by atoms with Crippen LogP contribution in [0.5, 0.6) is 0 Å². The first-order chi connectivity index (χ1) is 24.8. The molecule has 0 amide bonds. The highest BCUT2D eigenvalue weighted by Gasteiger charge is 2.27. The molecule has 0 saturated carbocycles. The Bertz CT molecular complexity index is 2320. The zero-order valence-corrected chi connectivity index (χ0v) is 32.9. The number of rotatable bonds is 12. The van der Waals surface area contributed by atoms with Gasteiger partial charge >= 0.3 is 0 Å². The summed E-state index contributed by atoms with van der Waals surface area (Å²) in [4.78, 5) is 5.52. The van der Waals surface area contributed by atoms with Gasteiger partial charge < -0.3 is 9.80 Å². The normalized spacial score (nSPS) is 17.1. The predicted molar refractivity (Wildman–Crippen MR) is 214 cm³/mol. The van der Waals surface area contributed by atoms with E-state index in [-0.39, 0.29) is 24.3 Å². The van der Waals surface area contributed by atoms with E-state index in [0.717, 1.165) is 80.7 Å². The predicted octanol–water partition coefficient (Wildman–Crippen LogP) is 8.30. The van der Waals surface area contributed by atoms with Gasteiger partial charge in [-0.15, -0.1) is 0 Å². The van der Waals surface area contributed by atoms with E-state index in [9.17, 15) is 25.9 Å². The first-order valence-electron chi connectivity index (χ1n) is 17.1. The molecule has 15 heteroatoms. The Balaban J connectivity index is 1.33. The summed E-state index contributed by atoms with van der Waals surface area (Å²) in [5, 5.41) is 2.84. The fraction of sp³-hybridized carbons (Fsp3) is 0.324. The number of fused-ring (bicyclic) bond motifs is 2. The minimum Gasteiger partial charge on any atom is -0.371 e. The van der Waals surface area contributed by atoms with Crippen LogP contribution in [0.1, 0.15) is 47.4 Å². The van der Waals surface area contributed by atoms with Gasteiger partial charge in [0.05, 0.1) is 22.2 Å². The molecule has 0 saturated heterocycles. The molecule has 274 valence electrons. The molecule has 0 bridgehead atoms. The summed E-state index contributed by atoms with van der Waals surface area (Å²) in [6.45, 7) is 2.88. The summed E-state index contributed by atoms with van der Waals surface area (Å²) in [5.41, 5.74) is 7.86. The zero-order valence-electron chi connectivity index (χ0n) is 28.2. The van der Waals surface area contributed by atoms with Crippen molar-refractivity contribution in [3.63, 3.8) is 0 Å². The number of allylic oxidation sites excluding steroid dienone is 3. The van der Waals surface area contributed by atoms with E-state index in [1.165, 1.54) is 16.8 Å². The van der Waals surface area contributed by atoms with Gasteiger partial charge in [0.25, 0.3) is 25.2 Å². The SMILES string of the molecule is O=S(=O)(O)CCCN1/C(=C/C(=C\c2sc3ccc(Cl)cc3[n+]2CCCS(=O)(=O)O)/C=C/c2cc3c4c(c2)CCCN4CCC3)Sc2ccc(Cl)cc21. The van der Waals surface area contributed by atoms with E-state index in [2.05, 4.69) is 41.3 Å². The maximum Gasteiger partial charge on any atom is 0.265 e. The summed E-state index contributed by atoms with van der Waals surface area (Å²) in [6, 6.07) is 15.8. The van der Waals surface area contributed by atoms with Gasteiger partial charge in [0, 0.05) is 58.8 Å². The fourth-order valence-electron chi connectivity index (χ4n) is 7.18. The van der Waals surface area contributed by atoms with Crippen molar-refractivity contribution in [2.24, 2.45) is 0 Å². The number of halogens is 2. The third-order valence-electron chi connectivity index (χ3n) is 9.36. The lowest BCUT2D eigenvalue weighted by atomic mass is 9.90. The van der Waals surface area contributed by atoms with Crippen LogP contribution in [0.15, 0.2) is 76.2 Å². The number of hydrogen-bond acceptors (Lipinski definition) is 8. The number of nitrogens with zero attached hydrogens (tertiary/aromatic N) is 3. The van der Waals surface area contributed by atoms with Crippen LogP contribution in [0.2, 0.25) is 10.0 Å². The molecule has 0 unspecified atom stereocenters. The molecule has 7 rings (SSSR count). The Morgan fingerprint density at radius 3 is 2.27 bits per heavy atom. The maximum absolute atomic E-state index is 11.6. The Morgan fingerprint density at radius 2 is 1.56 bits per heavy atom. The second kappa shape index (κ2) is 15.5. The van der Waals surface area contributed by atoms with Crippen molar-refractivity contribution in [1.29, 1.82) is 0 Å². The minimum absolute atomic E-state index is 0.206. The smallest absolute Gasteiger partial charge is 0.265 e. The van der Waals surface area contributed by atoms with Gasteiger partial charge in [-0.2, -0.15) is 21.4 Å². The number of thioether (sulfide) groups is 1. The van der Waals surface area contributed by atoms with Crippen LogP contribution >= 0.6 is 46.3 Å². The Kier molecular flexibility index (Phi) is 11.1. The molecule has 1 aromatic heterocycles. The topological polar surface area (TPSA) is 119 Å². The zero-order chi connectivity index (χ0) is 36.6. The van der Waals surface area contributed by atoms with Crippen molar-refractivity contribution in [2.75, 3.05) is 40.9 Å². The summed E-state index contributed by atoms with van der Waals surface area (Å²) >= 11 is 15.9. The Labute approximate surface area is 322 Å². The lowest BCUT2D eigenvalue weighted by Crippen LogP contribution is -2.36. The molecule has 0 fully saturated rings. The molecule has 3 aliphatic rings. The first kappa shape index (κ1) is 37.4. The van der Waals surface area contributed by atoms with Gasteiger partial charge in [0.1, 0.15) is 4.70 Å². The highest BCUT2D eigenvalue weighted by molar-refractivity contribution is 8.03. The third-order valence-corrected chi connectivity index (χ3v) is 13.7. The second-order valence-electron chi connectivity index (χ2n) is 13.2. The van der Waals surface area contributed by atoms with Gasteiger partial charge in [-0.25, -0.2) is 0 Å². The molecule has 3 aliphatic heterocycles. The molecule has 52 heavy (non-hydrogen) atoms. The quantitative estimate of drug-likeness (QED) is 0.0827. The molecular formula is C37H38Cl2N3O6S4+. The van der Waals surface area contributed by atoms with Gasteiger partial charge in [-0.3, -0.25) is 9.11 Å². The van der Waals surface area contributed by atoms with Crippen LogP contribution in [-0.4, -0.2) is 57.1 Å². The van der Waals surface area contributed by atoms with Gasteiger partial charge in [0.15, 0.2) is 6.54 Å². The van der Waals surface area contributed by atoms with Crippen molar-refractivity contribution in [3.8, 4) is 0 Å². The van der Waals surface area contributed by atoms with E-state index in [0.29, 0.717) is 23.1 Å². The summed E-state index contributed by atoms with van der Waals surface area (Å²) < 4.78 is 68.4. The van der Waals surface area contributed by atoms with E-state index >= 15 is 0 Å². The number of benzene rings is 3. The van der Waals surface area contributed by atoms with Crippen molar-refractivity contribution in [2.45, 2.75) is 50.0 Å². The number of thiazole rings is 1. The molecular weight excluding hydrogens is 782 g/mol.